The van der Waals surface area contributed by atoms with E-state index >= 15 is 0 Å². The quantitative estimate of drug-likeness (QED) is 0.839. The van der Waals surface area contributed by atoms with Crippen LogP contribution in [-0.2, 0) is 6.54 Å². The molecule has 2 rings (SSSR count). The molecule has 1 fully saturated rings. The third kappa shape index (κ3) is 4.70. The van der Waals surface area contributed by atoms with Crippen LogP contribution in [0, 0.1) is 11.7 Å². The van der Waals surface area contributed by atoms with E-state index in [0.717, 1.165) is 24.3 Å². The summed E-state index contributed by atoms with van der Waals surface area (Å²) >= 11 is 0. The Morgan fingerprint density at radius 2 is 1.95 bits per heavy atom. The highest BCUT2D eigenvalue weighted by Gasteiger charge is 2.20. The van der Waals surface area contributed by atoms with Crippen LogP contribution >= 0.6 is 0 Å². The lowest BCUT2D eigenvalue weighted by molar-refractivity contribution is 0.424. The molecule has 118 valence electrons. The third-order valence-electron chi connectivity index (χ3n) is 4.40. The number of benzene rings is 1. The van der Waals surface area contributed by atoms with Crippen LogP contribution in [0.3, 0.4) is 0 Å². The first-order chi connectivity index (χ1) is 10.1. The van der Waals surface area contributed by atoms with Gasteiger partial charge >= 0.3 is 0 Å². The average molecular weight is 292 g/mol. The summed E-state index contributed by atoms with van der Waals surface area (Å²) in [6, 6.07) is 6.17. The molecule has 21 heavy (non-hydrogen) atoms. The van der Waals surface area contributed by atoms with Crippen molar-refractivity contribution in [2.75, 3.05) is 18.5 Å². The summed E-state index contributed by atoms with van der Waals surface area (Å²) in [5.41, 5.74) is 1.77. The van der Waals surface area contributed by atoms with Crippen molar-refractivity contribution in [3.05, 3.63) is 29.6 Å². The summed E-state index contributed by atoms with van der Waals surface area (Å²) in [6.45, 7) is 6.06. The molecule has 0 atom stereocenters. The maximum absolute atomic E-state index is 14.4. The van der Waals surface area contributed by atoms with E-state index in [0.29, 0.717) is 12.0 Å². The fourth-order valence-corrected chi connectivity index (χ4v) is 3.12. The summed E-state index contributed by atoms with van der Waals surface area (Å²) in [7, 11) is 2.03. The number of hydrogen-bond donors (Lipinski definition) is 1. The maximum Gasteiger partial charge on any atom is 0.146 e. The van der Waals surface area contributed by atoms with Crippen LogP contribution in [0.25, 0.3) is 0 Å². The van der Waals surface area contributed by atoms with Crippen LogP contribution in [0.5, 0.6) is 0 Å². The number of halogens is 1. The zero-order valence-electron chi connectivity index (χ0n) is 13.7. The Morgan fingerprint density at radius 3 is 2.57 bits per heavy atom. The standard InChI is InChI=1S/C18H29FN2/c1-14(2)12-20-13-15-9-10-18(17(19)11-15)21(3)16-7-5-4-6-8-16/h9-11,14,16,20H,4-8,12-13H2,1-3H3. The predicted octanol–water partition coefficient (Wildman–Crippen LogP) is 4.34. The first-order valence-corrected chi connectivity index (χ1v) is 8.30. The number of rotatable bonds is 6. The Hall–Kier alpha value is -1.09. The van der Waals surface area contributed by atoms with E-state index in [4.69, 9.17) is 0 Å². The summed E-state index contributed by atoms with van der Waals surface area (Å²) in [4.78, 5) is 2.14. The van der Waals surface area contributed by atoms with Crippen molar-refractivity contribution in [3.63, 3.8) is 0 Å². The van der Waals surface area contributed by atoms with E-state index in [1.807, 2.05) is 19.2 Å². The molecule has 1 aliphatic carbocycles. The van der Waals surface area contributed by atoms with E-state index in [2.05, 4.69) is 24.1 Å². The second kappa shape index (κ2) is 7.79. The van der Waals surface area contributed by atoms with Gasteiger partial charge in [-0.25, -0.2) is 4.39 Å². The molecular formula is C18H29FN2. The van der Waals surface area contributed by atoms with Gasteiger partial charge in [0.1, 0.15) is 5.82 Å². The van der Waals surface area contributed by atoms with Gasteiger partial charge in [0.25, 0.3) is 0 Å². The van der Waals surface area contributed by atoms with Gasteiger partial charge < -0.3 is 10.2 Å². The molecular weight excluding hydrogens is 263 g/mol. The van der Waals surface area contributed by atoms with E-state index in [1.54, 1.807) is 6.07 Å². The molecule has 2 nitrogen and oxygen atoms in total. The highest BCUT2D eigenvalue weighted by atomic mass is 19.1. The van der Waals surface area contributed by atoms with Crippen molar-refractivity contribution >= 4 is 5.69 Å². The Bertz CT molecular complexity index is 439. The molecule has 1 saturated carbocycles. The van der Waals surface area contributed by atoms with Crippen molar-refractivity contribution in [2.24, 2.45) is 5.92 Å². The summed E-state index contributed by atoms with van der Waals surface area (Å²) in [5, 5.41) is 3.36. The molecule has 0 spiro atoms. The predicted molar refractivity (Wildman–Crippen MR) is 88.2 cm³/mol. The van der Waals surface area contributed by atoms with Gasteiger partial charge in [0.05, 0.1) is 5.69 Å². The van der Waals surface area contributed by atoms with Crippen LogP contribution in [0.1, 0.15) is 51.5 Å². The maximum atomic E-state index is 14.4. The van der Waals surface area contributed by atoms with Gasteiger partial charge in [-0.05, 0) is 43.0 Å². The van der Waals surface area contributed by atoms with Crippen molar-refractivity contribution in [2.45, 2.75) is 58.5 Å². The van der Waals surface area contributed by atoms with Crippen molar-refractivity contribution < 1.29 is 4.39 Å². The lowest BCUT2D eigenvalue weighted by Gasteiger charge is -2.33. The molecule has 1 N–H and O–H groups in total. The molecule has 1 aliphatic rings. The van der Waals surface area contributed by atoms with Gasteiger partial charge in [0.2, 0.25) is 0 Å². The molecule has 3 heteroatoms. The molecule has 1 aromatic carbocycles. The Labute approximate surface area is 128 Å². The summed E-state index contributed by atoms with van der Waals surface area (Å²) in [6.07, 6.45) is 6.25. The Morgan fingerprint density at radius 1 is 1.24 bits per heavy atom. The fraction of sp³-hybridized carbons (Fsp3) is 0.667. The molecule has 0 radical (unpaired) electrons. The molecule has 1 aromatic rings. The highest BCUT2D eigenvalue weighted by Crippen LogP contribution is 2.28. The first-order valence-electron chi connectivity index (χ1n) is 8.30. The van der Waals surface area contributed by atoms with Gasteiger partial charge in [-0.2, -0.15) is 0 Å². The zero-order chi connectivity index (χ0) is 15.2. The third-order valence-corrected chi connectivity index (χ3v) is 4.40. The van der Waals surface area contributed by atoms with Crippen LogP contribution in [-0.4, -0.2) is 19.6 Å². The number of nitrogens with zero attached hydrogens (tertiary/aromatic N) is 1. The zero-order valence-corrected chi connectivity index (χ0v) is 13.7. The van der Waals surface area contributed by atoms with Crippen molar-refractivity contribution in [3.8, 4) is 0 Å². The molecule has 0 heterocycles. The normalized spacial score (nSPS) is 16.4. The number of anilines is 1. The average Bonchev–Trinajstić information content (AvgIpc) is 2.47. The SMILES string of the molecule is CC(C)CNCc1ccc(N(C)C2CCCCC2)c(F)c1. The van der Waals surface area contributed by atoms with E-state index < -0.39 is 0 Å². The second-order valence-electron chi connectivity index (χ2n) is 6.71. The minimum atomic E-state index is -0.0908. The second-order valence-corrected chi connectivity index (χ2v) is 6.71. The minimum Gasteiger partial charge on any atom is -0.369 e. The largest absolute Gasteiger partial charge is 0.369 e. The molecule has 0 aliphatic heterocycles. The topological polar surface area (TPSA) is 15.3 Å². The van der Waals surface area contributed by atoms with E-state index in [9.17, 15) is 4.39 Å². The number of hydrogen-bond acceptors (Lipinski definition) is 2. The van der Waals surface area contributed by atoms with Crippen LogP contribution in [0.2, 0.25) is 0 Å². The number of nitrogens with one attached hydrogen (secondary N) is 1. The monoisotopic (exact) mass is 292 g/mol. The molecule has 0 aromatic heterocycles. The highest BCUT2D eigenvalue weighted by molar-refractivity contribution is 5.49. The Kier molecular flexibility index (Phi) is 6.04. The van der Waals surface area contributed by atoms with Crippen molar-refractivity contribution in [1.82, 2.24) is 5.32 Å². The summed E-state index contributed by atoms with van der Waals surface area (Å²) < 4.78 is 14.4. The molecule has 0 amide bonds. The van der Waals surface area contributed by atoms with Gasteiger partial charge in [0, 0.05) is 19.6 Å². The molecule has 0 bridgehead atoms. The van der Waals surface area contributed by atoms with Crippen molar-refractivity contribution in [1.29, 1.82) is 0 Å². The molecule has 0 saturated heterocycles. The lowest BCUT2D eigenvalue weighted by Crippen LogP contribution is -2.33. The smallest absolute Gasteiger partial charge is 0.146 e. The molecule has 0 unspecified atom stereocenters. The lowest BCUT2D eigenvalue weighted by atomic mass is 9.94. The van der Waals surface area contributed by atoms with Gasteiger partial charge in [-0.3, -0.25) is 0 Å². The van der Waals surface area contributed by atoms with Crippen LogP contribution in [0.15, 0.2) is 18.2 Å². The van der Waals surface area contributed by atoms with Gasteiger partial charge in [-0.15, -0.1) is 0 Å². The van der Waals surface area contributed by atoms with Gasteiger partial charge in [-0.1, -0.05) is 39.2 Å². The fourth-order valence-electron chi connectivity index (χ4n) is 3.12. The van der Waals surface area contributed by atoms with Gasteiger partial charge in [0.15, 0.2) is 0 Å². The Balaban J connectivity index is 1.97. The van der Waals surface area contributed by atoms with E-state index in [-0.39, 0.29) is 5.82 Å². The van der Waals surface area contributed by atoms with E-state index in [1.165, 1.54) is 32.1 Å². The van der Waals surface area contributed by atoms with Crippen LogP contribution < -0.4 is 10.2 Å². The minimum absolute atomic E-state index is 0.0908. The van der Waals surface area contributed by atoms with Crippen LogP contribution in [0.4, 0.5) is 10.1 Å². The summed E-state index contributed by atoms with van der Waals surface area (Å²) in [5.74, 6) is 0.526. The first kappa shape index (κ1) is 16.3.